The third-order valence-corrected chi connectivity index (χ3v) is 2.40. The lowest BCUT2D eigenvalue weighted by Gasteiger charge is -2.16. The van der Waals surface area contributed by atoms with E-state index in [0.29, 0.717) is 13.1 Å². The molecule has 0 heterocycles. The minimum Gasteiger partial charge on any atom is -0.326 e. The van der Waals surface area contributed by atoms with Gasteiger partial charge in [-0.3, -0.25) is 0 Å². The molecule has 3 heteroatoms. The molecule has 0 radical (unpaired) electrons. The van der Waals surface area contributed by atoms with Crippen molar-refractivity contribution in [3.8, 4) is 0 Å². The third kappa shape index (κ3) is 3.61. The smallest absolute Gasteiger partial charge is 0.128 e. The van der Waals surface area contributed by atoms with Gasteiger partial charge in [-0.25, -0.2) is 4.39 Å². The first kappa shape index (κ1) is 12.1. The first-order valence-electron chi connectivity index (χ1n) is 5.33. The highest BCUT2D eigenvalue weighted by molar-refractivity contribution is 5.24. The molecule has 0 aliphatic carbocycles. The molecule has 0 aliphatic heterocycles. The summed E-state index contributed by atoms with van der Waals surface area (Å²) in [5.74, 6) is -0.152. The monoisotopic (exact) mass is 210 g/mol. The second kappa shape index (κ2) is 5.83. The molecule has 84 valence electrons. The van der Waals surface area contributed by atoms with Gasteiger partial charge in [-0.1, -0.05) is 19.1 Å². The highest BCUT2D eigenvalue weighted by Gasteiger charge is 2.05. The van der Waals surface area contributed by atoms with E-state index in [1.807, 2.05) is 19.2 Å². The van der Waals surface area contributed by atoms with Gasteiger partial charge in [0, 0.05) is 18.7 Å². The summed E-state index contributed by atoms with van der Waals surface area (Å²) in [6.45, 7) is 4.15. The Balaban J connectivity index is 2.69. The van der Waals surface area contributed by atoms with Gasteiger partial charge in [-0.15, -0.1) is 0 Å². The fourth-order valence-electron chi connectivity index (χ4n) is 1.60. The van der Waals surface area contributed by atoms with Crippen molar-refractivity contribution in [1.29, 1.82) is 0 Å². The number of benzene rings is 1. The minimum atomic E-state index is -0.152. The molecule has 0 aliphatic rings. The molecule has 0 unspecified atom stereocenters. The van der Waals surface area contributed by atoms with Gasteiger partial charge < -0.3 is 10.6 Å². The molecule has 0 aromatic heterocycles. The average molecular weight is 210 g/mol. The first-order valence-corrected chi connectivity index (χ1v) is 5.33. The number of halogens is 1. The zero-order valence-electron chi connectivity index (χ0n) is 9.46. The zero-order chi connectivity index (χ0) is 11.3. The van der Waals surface area contributed by atoms with Gasteiger partial charge in [0.05, 0.1) is 0 Å². The average Bonchev–Trinajstić information content (AvgIpc) is 2.21. The quantitative estimate of drug-likeness (QED) is 0.806. The Hall–Kier alpha value is -0.930. The van der Waals surface area contributed by atoms with Crippen molar-refractivity contribution in [2.75, 3.05) is 13.6 Å². The number of hydrogen-bond acceptors (Lipinski definition) is 2. The van der Waals surface area contributed by atoms with Gasteiger partial charge in [0.1, 0.15) is 5.82 Å². The van der Waals surface area contributed by atoms with Crippen molar-refractivity contribution < 1.29 is 4.39 Å². The summed E-state index contributed by atoms with van der Waals surface area (Å²) in [6.07, 6.45) is 1.08. The molecular weight excluding hydrogens is 191 g/mol. The third-order valence-electron chi connectivity index (χ3n) is 2.40. The van der Waals surface area contributed by atoms with Crippen LogP contribution in [0.3, 0.4) is 0 Å². The molecule has 0 bridgehead atoms. The Morgan fingerprint density at radius 3 is 2.67 bits per heavy atom. The molecule has 2 N–H and O–H groups in total. The van der Waals surface area contributed by atoms with Crippen LogP contribution in [-0.4, -0.2) is 18.5 Å². The van der Waals surface area contributed by atoms with Gasteiger partial charge in [0.15, 0.2) is 0 Å². The van der Waals surface area contributed by atoms with Crippen molar-refractivity contribution in [1.82, 2.24) is 4.90 Å². The van der Waals surface area contributed by atoms with Crippen LogP contribution in [-0.2, 0) is 13.1 Å². The van der Waals surface area contributed by atoms with E-state index < -0.39 is 0 Å². The number of rotatable bonds is 5. The van der Waals surface area contributed by atoms with Gasteiger partial charge in [-0.2, -0.15) is 0 Å². The fraction of sp³-hybridized carbons (Fsp3) is 0.500. The molecule has 0 saturated heterocycles. The van der Waals surface area contributed by atoms with E-state index >= 15 is 0 Å². The van der Waals surface area contributed by atoms with Crippen LogP contribution in [0.4, 0.5) is 4.39 Å². The van der Waals surface area contributed by atoms with Crippen LogP contribution in [0.1, 0.15) is 24.5 Å². The molecule has 0 fully saturated rings. The second-order valence-corrected chi connectivity index (χ2v) is 3.87. The maximum Gasteiger partial charge on any atom is 0.128 e. The predicted molar refractivity (Wildman–Crippen MR) is 60.9 cm³/mol. The van der Waals surface area contributed by atoms with E-state index in [9.17, 15) is 4.39 Å². The molecule has 0 saturated carbocycles. The van der Waals surface area contributed by atoms with Crippen LogP contribution < -0.4 is 5.73 Å². The maximum absolute atomic E-state index is 13.6. The standard InChI is InChI=1S/C12H19FN2/c1-3-6-15(2)9-11-5-4-10(8-14)7-12(11)13/h4-5,7H,3,6,8-9,14H2,1-2H3. The summed E-state index contributed by atoms with van der Waals surface area (Å²) in [5.41, 5.74) is 7.02. The fourth-order valence-corrected chi connectivity index (χ4v) is 1.60. The van der Waals surface area contributed by atoms with E-state index in [1.165, 1.54) is 6.07 Å². The Kier molecular flexibility index (Phi) is 4.72. The van der Waals surface area contributed by atoms with E-state index in [1.54, 1.807) is 0 Å². The molecule has 1 aromatic carbocycles. The molecule has 0 spiro atoms. The molecule has 15 heavy (non-hydrogen) atoms. The van der Waals surface area contributed by atoms with Crippen LogP contribution in [0, 0.1) is 5.82 Å². The number of hydrogen-bond donors (Lipinski definition) is 1. The van der Waals surface area contributed by atoms with Crippen molar-refractivity contribution in [2.45, 2.75) is 26.4 Å². The summed E-state index contributed by atoms with van der Waals surface area (Å²) >= 11 is 0. The van der Waals surface area contributed by atoms with E-state index in [0.717, 1.165) is 24.1 Å². The number of nitrogens with zero attached hydrogens (tertiary/aromatic N) is 1. The van der Waals surface area contributed by atoms with Crippen molar-refractivity contribution in [3.05, 3.63) is 35.1 Å². The van der Waals surface area contributed by atoms with E-state index in [-0.39, 0.29) is 5.82 Å². The van der Waals surface area contributed by atoms with Crippen LogP contribution in [0.5, 0.6) is 0 Å². The van der Waals surface area contributed by atoms with Gasteiger partial charge >= 0.3 is 0 Å². The minimum absolute atomic E-state index is 0.152. The summed E-state index contributed by atoms with van der Waals surface area (Å²) in [6, 6.07) is 5.23. The molecule has 0 amide bonds. The molecule has 0 atom stereocenters. The van der Waals surface area contributed by atoms with Crippen molar-refractivity contribution in [2.24, 2.45) is 5.73 Å². The second-order valence-electron chi connectivity index (χ2n) is 3.87. The lowest BCUT2D eigenvalue weighted by molar-refractivity contribution is 0.322. The predicted octanol–water partition coefficient (Wildman–Crippen LogP) is 2.13. The Bertz CT molecular complexity index is 312. The van der Waals surface area contributed by atoms with Gasteiger partial charge in [0.2, 0.25) is 0 Å². The summed E-state index contributed by atoms with van der Waals surface area (Å²) < 4.78 is 13.6. The Morgan fingerprint density at radius 2 is 2.13 bits per heavy atom. The molecular formula is C12H19FN2. The van der Waals surface area contributed by atoms with Gasteiger partial charge in [0.25, 0.3) is 0 Å². The van der Waals surface area contributed by atoms with Crippen molar-refractivity contribution in [3.63, 3.8) is 0 Å². The van der Waals surface area contributed by atoms with Gasteiger partial charge in [-0.05, 0) is 31.6 Å². The van der Waals surface area contributed by atoms with E-state index in [4.69, 9.17) is 5.73 Å². The Morgan fingerprint density at radius 1 is 1.40 bits per heavy atom. The summed E-state index contributed by atoms with van der Waals surface area (Å²) in [7, 11) is 2.00. The lowest BCUT2D eigenvalue weighted by atomic mass is 10.1. The van der Waals surface area contributed by atoms with E-state index in [2.05, 4.69) is 11.8 Å². The molecule has 1 rings (SSSR count). The Labute approximate surface area is 90.9 Å². The maximum atomic E-state index is 13.6. The van der Waals surface area contributed by atoms with Crippen LogP contribution in [0.15, 0.2) is 18.2 Å². The first-order chi connectivity index (χ1) is 7.17. The normalized spacial score (nSPS) is 11.0. The van der Waals surface area contributed by atoms with Crippen molar-refractivity contribution >= 4 is 0 Å². The topological polar surface area (TPSA) is 29.3 Å². The van der Waals surface area contributed by atoms with Crippen LogP contribution >= 0.6 is 0 Å². The highest BCUT2D eigenvalue weighted by atomic mass is 19.1. The molecule has 1 aromatic rings. The zero-order valence-corrected chi connectivity index (χ0v) is 9.46. The lowest BCUT2D eigenvalue weighted by Crippen LogP contribution is -2.19. The van der Waals surface area contributed by atoms with Crippen LogP contribution in [0.2, 0.25) is 0 Å². The largest absolute Gasteiger partial charge is 0.326 e. The summed E-state index contributed by atoms with van der Waals surface area (Å²) in [5, 5.41) is 0. The molecule has 2 nitrogen and oxygen atoms in total. The SMILES string of the molecule is CCCN(C)Cc1ccc(CN)cc1F. The summed E-state index contributed by atoms with van der Waals surface area (Å²) in [4.78, 5) is 2.11. The highest BCUT2D eigenvalue weighted by Crippen LogP contribution is 2.12. The number of nitrogens with two attached hydrogens (primary N) is 1. The van der Waals surface area contributed by atoms with Crippen LogP contribution in [0.25, 0.3) is 0 Å².